The van der Waals surface area contributed by atoms with Crippen molar-refractivity contribution in [2.24, 2.45) is 0 Å². The van der Waals surface area contributed by atoms with Crippen molar-refractivity contribution in [3.8, 4) is 11.1 Å². The minimum absolute atomic E-state index is 0.138. The van der Waals surface area contributed by atoms with Crippen molar-refractivity contribution in [1.29, 1.82) is 0 Å². The molecule has 1 saturated carbocycles. The first kappa shape index (κ1) is 19.5. The predicted molar refractivity (Wildman–Crippen MR) is 114 cm³/mol. The first-order valence-electron chi connectivity index (χ1n) is 9.68. The van der Waals surface area contributed by atoms with Gasteiger partial charge >= 0.3 is 0 Å². The Morgan fingerprint density at radius 3 is 2.50 bits per heavy atom. The van der Waals surface area contributed by atoms with Crippen LogP contribution in [0.15, 0.2) is 51.8 Å². The van der Waals surface area contributed by atoms with Crippen LogP contribution in [0.3, 0.4) is 0 Å². The van der Waals surface area contributed by atoms with Crippen molar-refractivity contribution in [2.45, 2.75) is 49.5 Å². The Bertz CT molecular complexity index is 998. The lowest BCUT2D eigenvalue weighted by atomic mass is 10.0. The molecule has 2 aliphatic rings. The van der Waals surface area contributed by atoms with Crippen molar-refractivity contribution in [1.82, 2.24) is 5.32 Å². The predicted octanol–water partition coefficient (Wildman–Crippen LogP) is 4.46. The summed E-state index contributed by atoms with van der Waals surface area (Å²) in [5.41, 5.74) is 2.01. The normalized spacial score (nSPS) is 18.7. The number of amides is 1. The van der Waals surface area contributed by atoms with Gasteiger partial charge in [0.2, 0.25) is 5.91 Å². The fourth-order valence-corrected chi connectivity index (χ4v) is 6.11. The van der Waals surface area contributed by atoms with Crippen LogP contribution in [0.25, 0.3) is 11.1 Å². The molecule has 0 aromatic heterocycles. The lowest BCUT2D eigenvalue weighted by Crippen LogP contribution is -2.45. The van der Waals surface area contributed by atoms with Crippen LogP contribution in [-0.2, 0) is 14.8 Å². The second-order valence-corrected chi connectivity index (χ2v) is 10.2. The van der Waals surface area contributed by atoms with Gasteiger partial charge in [0.15, 0.2) is 0 Å². The van der Waals surface area contributed by atoms with Crippen molar-refractivity contribution >= 4 is 37.5 Å². The minimum atomic E-state index is -3.79. The fourth-order valence-electron chi connectivity index (χ4n) is 4.10. The van der Waals surface area contributed by atoms with Crippen LogP contribution in [0.5, 0.6) is 0 Å². The van der Waals surface area contributed by atoms with Gasteiger partial charge in [0, 0.05) is 21.6 Å². The van der Waals surface area contributed by atoms with Gasteiger partial charge in [-0.3, -0.25) is 9.10 Å². The third-order valence-electron chi connectivity index (χ3n) is 5.48. The van der Waals surface area contributed by atoms with Gasteiger partial charge in [-0.25, -0.2) is 8.42 Å². The van der Waals surface area contributed by atoms with E-state index in [-0.39, 0.29) is 23.4 Å². The van der Waals surface area contributed by atoms with Crippen LogP contribution in [0.2, 0.25) is 0 Å². The maximum atomic E-state index is 13.3. The standard InChI is InChI=1S/C21H23BrN2O3S/c22-15-11-12-19-18(13-15)17-9-5-6-10-20(17)28(26,27)24(19)14-21(25)23-16-7-3-1-2-4-8-16/h5-6,9-13,16H,1-4,7-8,14H2,(H,23,25). The molecule has 1 fully saturated rings. The number of hydrogen-bond donors (Lipinski definition) is 1. The molecule has 0 atom stereocenters. The number of hydrogen-bond acceptors (Lipinski definition) is 3. The Hall–Kier alpha value is -1.86. The molecule has 1 N–H and O–H groups in total. The van der Waals surface area contributed by atoms with E-state index >= 15 is 0 Å². The fraction of sp³-hybridized carbons (Fsp3) is 0.381. The third-order valence-corrected chi connectivity index (χ3v) is 7.79. The van der Waals surface area contributed by atoms with E-state index in [1.54, 1.807) is 30.3 Å². The first-order valence-corrected chi connectivity index (χ1v) is 11.9. The van der Waals surface area contributed by atoms with E-state index in [0.29, 0.717) is 11.3 Å². The Morgan fingerprint density at radius 1 is 1.04 bits per heavy atom. The molecule has 0 saturated heterocycles. The zero-order chi connectivity index (χ0) is 19.7. The maximum absolute atomic E-state index is 13.3. The SMILES string of the molecule is O=C(CN1c2ccc(Br)cc2-c2ccccc2S1(=O)=O)NC1CCCCCC1. The molecule has 2 aromatic rings. The Labute approximate surface area is 174 Å². The van der Waals surface area contributed by atoms with E-state index in [0.717, 1.165) is 35.7 Å². The van der Waals surface area contributed by atoms with E-state index in [1.165, 1.54) is 17.1 Å². The number of carbonyl (C=O) groups is 1. The monoisotopic (exact) mass is 462 g/mol. The molecule has 1 amide bonds. The Morgan fingerprint density at radius 2 is 1.75 bits per heavy atom. The van der Waals surface area contributed by atoms with Crippen molar-refractivity contribution in [3.63, 3.8) is 0 Å². The maximum Gasteiger partial charge on any atom is 0.265 e. The van der Waals surface area contributed by atoms with E-state index in [2.05, 4.69) is 21.2 Å². The van der Waals surface area contributed by atoms with Crippen LogP contribution in [-0.4, -0.2) is 26.9 Å². The summed E-state index contributed by atoms with van der Waals surface area (Å²) in [5, 5.41) is 3.06. The minimum Gasteiger partial charge on any atom is -0.352 e. The second kappa shape index (κ2) is 7.87. The number of anilines is 1. The molecule has 28 heavy (non-hydrogen) atoms. The summed E-state index contributed by atoms with van der Waals surface area (Å²) in [6, 6.07) is 12.5. The Balaban J connectivity index is 1.66. The first-order chi connectivity index (χ1) is 13.5. The van der Waals surface area contributed by atoms with Gasteiger partial charge in [-0.2, -0.15) is 0 Å². The van der Waals surface area contributed by atoms with Crippen LogP contribution in [0.1, 0.15) is 38.5 Å². The molecule has 0 radical (unpaired) electrons. The van der Waals surface area contributed by atoms with Crippen LogP contribution in [0.4, 0.5) is 5.69 Å². The summed E-state index contributed by atoms with van der Waals surface area (Å²) in [5.74, 6) is -0.247. The summed E-state index contributed by atoms with van der Waals surface area (Å²) in [6.45, 7) is -0.207. The highest BCUT2D eigenvalue weighted by Gasteiger charge is 2.36. The number of carbonyl (C=O) groups excluding carboxylic acids is 1. The van der Waals surface area contributed by atoms with Gasteiger partial charge in [0.25, 0.3) is 10.0 Å². The lowest BCUT2D eigenvalue weighted by Gasteiger charge is -2.32. The molecule has 0 unspecified atom stereocenters. The second-order valence-electron chi connectivity index (χ2n) is 7.43. The topological polar surface area (TPSA) is 66.5 Å². The van der Waals surface area contributed by atoms with Crippen molar-refractivity contribution in [3.05, 3.63) is 46.9 Å². The van der Waals surface area contributed by atoms with E-state index in [9.17, 15) is 13.2 Å². The number of benzene rings is 2. The smallest absolute Gasteiger partial charge is 0.265 e. The average molecular weight is 463 g/mol. The van der Waals surface area contributed by atoms with E-state index in [1.807, 2.05) is 12.1 Å². The number of sulfonamides is 1. The summed E-state index contributed by atoms with van der Waals surface area (Å²) < 4.78 is 28.6. The van der Waals surface area contributed by atoms with Gasteiger partial charge in [-0.15, -0.1) is 0 Å². The molecular formula is C21H23BrN2O3S. The molecule has 5 nitrogen and oxygen atoms in total. The number of halogens is 1. The summed E-state index contributed by atoms with van der Waals surface area (Å²) in [4.78, 5) is 13.0. The van der Waals surface area contributed by atoms with Crippen molar-refractivity contribution < 1.29 is 13.2 Å². The molecule has 148 valence electrons. The number of rotatable bonds is 3. The van der Waals surface area contributed by atoms with Gasteiger partial charge in [0.1, 0.15) is 6.54 Å². The van der Waals surface area contributed by atoms with Gasteiger partial charge in [-0.1, -0.05) is 59.8 Å². The number of nitrogens with one attached hydrogen (secondary N) is 1. The zero-order valence-electron chi connectivity index (χ0n) is 15.5. The van der Waals surface area contributed by atoms with Crippen LogP contribution < -0.4 is 9.62 Å². The molecular weight excluding hydrogens is 440 g/mol. The van der Waals surface area contributed by atoms with Gasteiger partial charge < -0.3 is 5.32 Å². The average Bonchev–Trinajstić information content (AvgIpc) is 2.94. The third kappa shape index (κ3) is 3.70. The van der Waals surface area contributed by atoms with E-state index in [4.69, 9.17) is 0 Å². The largest absolute Gasteiger partial charge is 0.352 e. The van der Waals surface area contributed by atoms with Crippen LogP contribution >= 0.6 is 15.9 Å². The molecule has 0 spiro atoms. The van der Waals surface area contributed by atoms with Gasteiger partial charge in [-0.05, 0) is 37.1 Å². The van der Waals surface area contributed by atoms with Gasteiger partial charge in [0.05, 0.1) is 10.6 Å². The van der Waals surface area contributed by atoms with Crippen molar-refractivity contribution in [2.75, 3.05) is 10.8 Å². The van der Waals surface area contributed by atoms with Crippen LogP contribution in [0, 0.1) is 0 Å². The molecule has 1 heterocycles. The quantitative estimate of drug-likeness (QED) is 0.684. The lowest BCUT2D eigenvalue weighted by molar-refractivity contribution is -0.120. The molecule has 1 aliphatic carbocycles. The Kier molecular flexibility index (Phi) is 5.47. The molecule has 0 bridgehead atoms. The summed E-state index contributed by atoms with van der Waals surface area (Å²) >= 11 is 3.47. The highest BCUT2D eigenvalue weighted by atomic mass is 79.9. The highest BCUT2D eigenvalue weighted by Crippen LogP contribution is 2.43. The molecule has 4 rings (SSSR count). The summed E-state index contributed by atoms with van der Waals surface area (Å²) in [7, 11) is -3.79. The number of nitrogens with zero attached hydrogens (tertiary/aromatic N) is 1. The molecule has 7 heteroatoms. The highest BCUT2D eigenvalue weighted by molar-refractivity contribution is 9.10. The zero-order valence-corrected chi connectivity index (χ0v) is 17.9. The molecule has 1 aliphatic heterocycles. The number of fused-ring (bicyclic) bond motifs is 3. The molecule has 2 aromatic carbocycles. The van der Waals surface area contributed by atoms with E-state index < -0.39 is 10.0 Å². The summed E-state index contributed by atoms with van der Waals surface area (Å²) in [6.07, 6.45) is 6.54.